The van der Waals surface area contributed by atoms with Crippen LogP contribution in [0.25, 0.3) is 11.0 Å². The van der Waals surface area contributed by atoms with Crippen LogP contribution in [0.1, 0.15) is 44.9 Å². The Morgan fingerprint density at radius 1 is 1.15 bits per heavy atom. The number of fused-ring (bicyclic) bond motifs is 1. The molecule has 33 heavy (non-hydrogen) atoms. The number of benzene rings is 1. The van der Waals surface area contributed by atoms with E-state index in [1.165, 1.54) is 25.3 Å². The topological polar surface area (TPSA) is 61.6 Å². The predicted octanol–water partition coefficient (Wildman–Crippen LogP) is 4.82. The van der Waals surface area contributed by atoms with Gasteiger partial charge in [0.05, 0.1) is 10.4 Å². The van der Waals surface area contributed by atoms with Gasteiger partial charge in [-0.2, -0.15) is 0 Å². The lowest BCUT2D eigenvalue weighted by atomic mass is 9.81. The lowest BCUT2D eigenvalue weighted by Gasteiger charge is -2.36. The maximum Gasteiger partial charge on any atom is 0.223 e. The fourth-order valence-corrected chi connectivity index (χ4v) is 5.97. The van der Waals surface area contributed by atoms with E-state index in [2.05, 4.69) is 20.3 Å². The van der Waals surface area contributed by atoms with Crippen molar-refractivity contribution < 1.29 is 13.7 Å². The molecule has 9 heteroatoms. The minimum absolute atomic E-state index is 0.0896. The number of carbonyl (C=O) groups excluding carboxylic acids is 1. The van der Waals surface area contributed by atoms with Crippen molar-refractivity contribution in [1.82, 2.24) is 15.4 Å². The number of anilines is 1. The zero-order valence-electron chi connectivity index (χ0n) is 18.7. The summed E-state index contributed by atoms with van der Waals surface area (Å²) >= 11 is 12.0. The minimum atomic E-state index is -0.490. The Hall–Kier alpha value is -1.57. The van der Waals surface area contributed by atoms with E-state index in [1.54, 1.807) is 6.07 Å². The average molecular weight is 497 g/mol. The first-order valence-corrected chi connectivity index (χ1v) is 12.9. The summed E-state index contributed by atoms with van der Waals surface area (Å²) in [5.41, 5.74) is 0.428. The molecule has 1 amide bonds. The largest absolute Gasteiger partial charge is 0.354 e. The van der Waals surface area contributed by atoms with Crippen molar-refractivity contribution in [3.8, 4) is 0 Å². The van der Waals surface area contributed by atoms with Crippen LogP contribution in [0.15, 0.2) is 16.7 Å². The van der Waals surface area contributed by atoms with Gasteiger partial charge in [-0.15, -0.1) is 11.6 Å². The number of hydrogen-bond acceptors (Lipinski definition) is 5. The van der Waals surface area contributed by atoms with Gasteiger partial charge in [0, 0.05) is 49.6 Å². The molecule has 1 aliphatic heterocycles. The highest BCUT2D eigenvalue weighted by atomic mass is 35.5. The molecule has 1 N–H and O–H groups in total. The summed E-state index contributed by atoms with van der Waals surface area (Å²) in [5, 5.41) is 8.46. The summed E-state index contributed by atoms with van der Waals surface area (Å²) in [6.45, 7) is 4.76. The number of hydrogen-bond donors (Lipinski definition) is 1. The second kappa shape index (κ2) is 9.96. The van der Waals surface area contributed by atoms with Gasteiger partial charge in [0.25, 0.3) is 0 Å². The van der Waals surface area contributed by atoms with Crippen LogP contribution in [0.4, 0.5) is 10.2 Å². The monoisotopic (exact) mass is 496 g/mol. The van der Waals surface area contributed by atoms with E-state index in [1.807, 2.05) is 0 Å². The van der Waals surface area contributed by atoms with Gasteiger partial charge in [-0.05, 0) is 63.5 Å². The quantitative estimate of drug-likeness (QED) is 0.580. The SMILES string of the molecule is O=C(NC1CCC(CCN2CCN(c3noc4cc(F)c(Cl)cc34)CC2)CC1)C1CC(Cl)C1. The molecule has 1 saturated heterocycles. The fourth-order valence-electron chi connectivity index (χ4n) is 5.37. The number of nitrogens with one attached hydrogen (secondary N) is 1. The standard InChI is InChI=1S/C24H31Cl2FN4O2/c25-17-11-16(12-17)24(32)28-18-3-1-15(2-4-18)5-6-30-7-9-31(10-8-30)23-19-13-20(26)21(27)14-22(19)33-29-23/h13-18H,1-12H2,(H,28,32). The highest BCUT2D eigenvalue weighted by Gasteiger charge is 2.34. The lowest BCUT2D eigenvalue weighted by Crippen LogP contribution is -2.47. The molecular formula is C24H31Cl2FN4O2. The molecule has 180 valence electrons. The van der Waals surface area contributed by atoms with Gasteiger partial charge >= 0.3 is 0 Å². The van der Waals surface area contributed by atoms with Crippen molar-refractivity contribution in [2.75, 3.05) is 37.6 Å². The number of rotatable bonds is 6. The van der Waals surface area contributed by atoms with Crippen LogP contribution in [-0.2, 0) is 4.79 Å². The van der Waals surface area contributed by atoms with Gasteiger partial charge in [-0.1, -0.05) is 16.8 Å². The van der Waals surface area contributed by atoms with Crippen LogP contribution in [0.2, 0.25) is 5.02 Å². The van der Waals surface area contributed by atoms with Crippen LogP contribution < -0.4 is 10.2 Å². The van der Waals surface area contributed by atoms with E-state index in [4.69, 9.17) is 27.7 Å². The van der Waals surface area contributed by atoms with Gasteiger partial charge in [-0.25, -0.2) is 4.39 Å². The maximum atomic E-state index is 13.7. The first-order chi connectivity index (χ1) is 16.0. The van der Waals surface area contributed by atoms with Gasteiger partial charge in [-0.3, -0.25) is 9.69 Å². The second-order valence-corrected chi connectivity index (χ2v) is 10.9. The molecule has 0 bridgehead atoms. The molecule has 6 nitrogen and oxygen atoms in total. The summed E-state index contributed by atoms with van der Waals surface area (Å²) in [6.07, 6.45) is 7.42. The van der Waals surface area contributed by atoms with Crippen LogP contribution in [0.5, 0.6) is 0 Å². The molecule has 2 aliphatic carbocycles. The number of amides is 1. The highest BCUT2D eigenvalue weighted by Crippen LogP contribution is 2.34. The third-order valence-electron chi connectivity index (χ3n) is 7.66. The normalized spacial score (nSPS) is 28.6. The van der Waals surface area contributed by atoms with Crippen molar-refractivity contribution in [1.29, 1.82) is 0 Å². The molecule has 0 atom stereocenters. The first kappa shape index (κ1) is 23.2. The van der Waals surface area contributed by atoms with Crippen molar-refractivity contribution >= 4 is 45.9 Å². The molecule has 2 aromatic rings. The number of carbonyl (C=O) groups is 1. The molecule has 3 fully saturated rings. The number of nitrogens with zero attached hydrogens (tertiary/aromatic N) is 3. The summed E-state index contributed by atoms with van der Waals surface area (Å²) in [7, 11) is 0. The van der Waals surface area contributed by atoms with Gasteiger partial charge in [0.15, 0.2) is 11.4 Å². The fraction of sp³-hybridized carbons (Fsp3) is 0.667. The summed E-state index contributed by atoms with van der Waals surface area (Å²) in [5.74, 6) is 1.34. The molecular weight excluding hydrogens is 466 g/mol. The second-order valence-electron chi connectivity index (χ2n) is 9.88. The zero-order chi connectivity index (χ0) is 22.9. The van der Waals surface area contributed by atoms with E-state index in [9.17, 15) is 9.18 Å². The molecule has 0 unspecified atom stereocenters. The van der Waals surface area contributed by atoms with Crippen LogP contribution in [-0.4, -0.2) is 60.1 Å². The van der Waals surface area contributed by atoms with Gasteiger partial charge in [0.2, 0.25) is 5.91 Å². The van der Waals surface area contributed by atoms with E-state index < -0.39 is 5.82 Å². The summed E-state index contributed by atoms with van der Waals surface area (Å²) in [4.78, 5) is 17.0. The van der Waals surface area contributed by atoms with E-state index >= 15 is 0 Å². The molecule has 2 saturated carbocycles. The van der Waals surface area contributed by atoms with Crippen molar-refractivity contribution in [3.05, 3.63) is 23.0 Å². The van der Waals surface area contributed by atoms with Crippen LogP contribution in [0, 0.1) is 17.7 Å². The van der Waals surface area contributed by atoms with Crippen molar-refractivity contribution in [2.24, 2.45) is 11.8 Å². The van der Waals surface area contributed by atoms with E-state index in [0.29, 0.717) is 11.6 Å². The van der Waals surface area contributed by atoms with Crippen molar-refractivity contribution in [2.45, 2.75) is 56.4 Å². The predicted molar refractivity (Wildman–Crippen MR) is 129 cm³/mol. The van der Waals surface area contributed by atoms with Gasteiger partial charge < -0.3 is 14.7 Å². The van der Waals surface area contributed by atoms with E-state index in [0.717, 1.165) is 75.5 Å². The van der Waals surface area contributed by atoms with Crippen molar-refractivity contribution in [3.63, 3.8) is 0 Å². The Morgan fingerprint density at radius 2 is 1.88 bits per heavy atom. The van der Waals surface area contributed by atoms with Crippen LogP contribution in [0.3, 0.4) is 0 Å². The Labute approximate surface area is 203 Å². The molecule has 1 aromatic carbocycles. The summed E-state index contributed by atoms with van der Waals surface area (Å²) < 4.78 is 19.0. The Kier molecular flexibility index (Phi) is 7.00. The van der Waals surface area contributed by atoms with E-state index in [-0.39, 0.29) is 22.2 Å². The Morgan fingerprint density at radius 3 is 2.58 bits per heavy atom. The molecule has 2 heterocycles. The first-order valence-electron chi connectivity index (χ1n) is 12.1. The maximum absolute atomic E-state index is 13.7. The zero-order valence-corrected chi connectivity index (χ0v) is 20.3. The number of piperazine rings is 1. The third kappa shape index (κ3) is 5.25. The van der Waals surface area contributed by atoms with Crippen LogP contribution >= 0.6 is 23.2 Å². The smallest absolute Gasteiger partial charge is 0.223 e. The number of alkyl halides is 1. The molecule has 3 aliphatic rings. The number of halogens is 3. The third-order valence-corrected chi connectivity index (χ3v) is 8.31. The molecule has 1 aromatic heterocycles. The molecule has 0 spiro atoms. The van der Waals surface area contributed by atoms with Gasteiger partial charge in [0.1, 0.15) is 5.82 Å². The highest BCUT2D eigenvalue weighted by molar-refractivity contribution is 6.31. The lowest BCUT2D eigenvalue weighted by molar-refractivity contribution is -0.128. The Balaban J connectivity index is 1.03. The Bertz CT molecular complexity index is 980. The average Bonchev–Trinajstić information content (AvgIpc) is 3.19. The number of aromatic nitrogens is 1. The molecule has 5 rings (SSSR count). The summed E-state index contributed by atoms with van der Waals surface area (Å²) in [6, 6.07) is 3.24. The minimum Gasteiger partial charge on any atom is -0.354 e. The molecule has 0 radical (unpaired) electrons.